The Kier molecular flexibility index (Phi) is 5.68. The van der Waals surface area contributed by atoms with E-state index in [-0.39, 0.29) is 5.69 Å². The molecule has 0 aliphatic rings. The number of oxime groups is 1. The Morgan fingerprint density at radius 1 is 1.17 bits per heavy atom. The van der Waals surface area contributed by atoms with Gasteiger partial charge in [-0.2, -0.15) is 0 Å². The van der Waals surface area contributed by atoms with Crippen molar-refractivity contribution in [2.24, 2.45) is 5.16 Å². The van der Waals surface area contributed by atoms with Crippen LogP contribution in [0.3, 0.4) is 0 Å². The summed E-state index contributed by atoms with van der Waals surface area (Å²) >= 11 is 0. The number of benzene rings is 2. The van der Waals surface area contributed by atoms with Gasteiger partial charge in [0.1, 0.15) is 12.4 Å². The third-order valence-electron chi connectivity index (χ3n) is 3.13. The van der Waals surface area contributed by atoms with Crippen LogP contribution in [0.15, 0.2) is 47.6 Å². The van der Waals surface area contributed by atoms with Crippen LogP contribution in [0.4, 0.5) is 5.69 Å². The van der Waals surface area contributed by atoms with Crippen molar-refractivity contribution in [3.63, 3.8) is 0 Å². The van der Waals surface area contributed by atoms with E-state index in [1.165, 1.54) is 18.3 Å². The van der Waals surface area contributed by atoms with E-state index in [9.17, 15) is 10.1 Å². The highest BCUT2D eigenvalue weighted by Gasteiger charge is 2.04. The lowest BCUT2D eigenvalue weighted by Crippen LogP contribution is -2.05. The van der Waals surface area contributed by atoms with E-state index in [0.29, 0.717) is 18.8 Å². The highest BCUT2D eigenvalue weighted by molar-refractivity contribution is 5.80. The Bertz CT molecular complexity index is 713. The van der Waals surface area contributed by atoms with Crippen molar-refractivity contribution in [2.45, 2.75) is 13.8 Å². The van der Waals surface area contributed by atoms with Crippen molar-refractivity contribution in [2.75, 3.05) is 13.2 Å². The maximum Gasteiger partial charge on any atom is 0.270 e. The molecule has 0 saturated carbocycles. The second-order valence-electron chi connectivity index (χ2n) is 5.04. The van der Waals surface area contributed by atoms with E-state index in [1.54, 1.807) is 12.1 Å². The van der Waals surface area contributed by atoms with Crippen LogP contribution >= 0.6 is 0 Å². The van der Waals surface area contributed by atoms with Gasteiger partial charge in [-0.1, -0.05) is 29.4 Å². The highest BCUT2D eigenvalue weighted by atomic mass is 16.6. The minimum Gasteiger partial charge on any atom is -0.490 e. The Morgan fingerprint density at radius 3 is 2.78 bits per heavy atom. The van der Waals surface area contributed by atoms with E-state index in [2.05, 4.69) is 5.16 Å². The molecule has 0 atom stereocenters. The molecule has 6 heteroatoms. The lowest BCUT2D eigenvalue weighted by Gasteiger charge is -2.09. The van der Waals surface area contributed by atoms with Crippen molar-refractivity contribution in [1.82, 2.24) is 0 Å². The summed E-state index contributed by atoms with van der Waals surface area (Å²) < 4.78 is 5.63. The normalized spacial score (nSPS) is 10.7. The summed E-state index contributed by atoms with van der Waals surface area (Å²) in [5.74, 6) is 0.830. The van der Waals surface area contributed by atoms with Gasteiger partial charge in [-0.3, -0.25) is 10.1 Å². The van der Waals surface area contributed by atoms with E-state index < -0.39 is 4.92 Å². The van der Waals surface area contributed by atoms with Gasteiger partial charge in [-0.05, 0) is 31.0 Å². The molecule has 0 unspecified atom stereocenters. The number of nitro benzene ring substituents is 1. The topological polar surface area (TPSA) is 74.0 Å². The van der Waals surface area contributed by atoms with Crippen LogP contribution in [-0.4, -0.2) is 24.4 Å². The molecule has 2 aromatic carbocycles. The molecule has 0 radical (unpaired) electrons. The van der Waals surface area contributed by atoms with Gasteiger partial charge in [-0.25, -0.2) is 0 Å². The zero-order chi connectivity index (χ0) is 16.7. The summed E-state index contributed by atoms with van der Waals surface area (Å²) in [5, 5.41) is 14.5. The largest absolute Gasteiger partial charge is 0.490 e. The minimum absolute atomic E-state index is 0.0206. The van der Waals surface area contributed by atoms with E-state index in [0.717, 1.165) is 16.9 Å². The third kappa shape index (κ3) is 5.10. The number of ether oxygens (including phenoxy) is 1. The molecule has 0 aliphatic heterocycles. The molecule has 0 heterocycles. The predicted octanol–water partition coefficient (Wildman–Crippen LogP) is 3.64. The summed E-state index contributed by atoms with van der Waals surface area (Å²) in [6.07, 6.45) is 1.44. The molecule has 0 N–H and O–H groups in total. The maximum atomic E-state index is 10.7. The molecule has 6 nitrogen and oxygen atoms in total. The van der Waals surface area contributed by atoms with E-state index >= 15 is 0 Å². The van der Waals surface area contributed by atoms with Gasteiger partial charge in [0, 0.05) is 17.7 Å². The number of nitro groups is 1. The molecule has 0 bridgehead atoms. The van der Waals surface area contributed by atoms with E-state index in [1.807, 2.05) is 32.0 Å². The van der Waals surface area contributed by atoms with Gasteiger partial charge >= 0.3 is 0 Å². The standard InChI is InChI=1S/C17H18N2O4/c1-13-6-7-14(2)17(10-13)22-8-9-23-18-12-15-4-3-5-16(11-15)19(20)21/h3-7,10-12H,8-9H2,1-2H3/b18-12+. The van der Waals surface area contributed by atoms with Gasteiger partial charge in [-0.15, -0.1) is 0 Å². The summed E-state index contributed by atoms with van der Waals surface area (Å²) in [6.45, 7) is 4.65. The van der Waals surface area contributed by atoms with Crippen molar-refractivity contribution in [3.05, 3.63) is 69.3 Å². The Balaban J connectivity index is 1.78. The molecular weight excluding hydrogens is 296 g/mol. The highest BCUT2D eigenvalue weighted by Crippen LogP contribution is 2.18. The minimum atomic E-state index is -0.448. The molecule has 23 heavy (non-hydrogen) atoms. The van der Waals surface area contributed by atoms with Gasteiger partial charge in [0.05, 0.1) is 11.1 Å². The first-order valence-electron chi connectivity index (χ1n) is 7.16. The molecule has 2 rings (SSSR count). The van der Waals surface area contributed by atoms with Crippen LogP contribution in [0.25, 0.3) is 0 Å². The molecule has 0 amide bonds. The number of nitrogens with zero attached hydrogens (tertiary/aromatic N) is 2. The molecule has 0 spiro atoms. The van der Waals surface area contributed by atoms with Crippen molar-refractivity contribution >= 4 is 11.9 Å². The van der Waals surface area contributed by atoms with Crippen LogP contribution in [0, 0.1) is 24.0 Å². The molecule has 120 valence electrons. The first-order chi connectivity index (χ1) is 11.1. The van der Waals surface area contributed by atoms with Gasteiger partial charge in [0.2, 0.25) is 0 Å². The SMILES string of the molecule is Cc1ccc(C)c(OCCO/N=C/c2cccc([N+](=O)[O-])c2)c1. The average molecular weight is 314 g/mol. The first kappa shape index (κ1) is 16.5. The fourth-order valence-corrected chi connectivity index (χ4v) is 1.92. The van der Waals surface area contributed by atoms with Crippen molar-refractivity contribution in [1.29, 1.82) is 0 Å². The molecule has 0 saturated heterocycles. The van der Waals surface area contributed by atoms with Gasteiger partial charge in [0.15, 0.2) is 6.61 Å². The zero-order valence-electron chi connectivity index (χ0n) is 13.1. The van der Waals surface area contributed by atoms with Crippen LogP contribution in [0.5, 0.6) is 5.75 Å². The molecule has 2 aromatic rings. The zero-order valence-corrected chi connectivity index (χ0v) is 13.1. The van der Waals surface area contributed by atoms with Crippen LogP contribution < -0.4 is 4.74 Å². The Hall–Kier alpha value is -2.89. The van der Waals surface area contributed by atoms with Crippen molar-refractivity contribution < 1.29 is 14.5 Å². The third-order valence-corrected chi connectivity index (χ3v) is 3.13. The molecule has 0 fully saturated rings. The van der Waals surface area contributed by atoms with Crippen molar-refractivity contribution in [3.8, 4) is 5.75 Å². The summed E-state index contributed by atoms with van der Waals surface area (Å²) in [4.78, 5) is 15.3. The van der Waals surface area contributed by atoms with Crippen LogP contribution in [0.2, 0.25) is 0 Å². The quantitative estimate of drug-likeness (QED) is 0.338. The van der Waals surface area contributed by atoms with Crippen LogP contribution in [0.1, 0.15) is 16.7 Å². The average Bonchev–Trinajstić information content (AvgIpc) is 2.54. The van der Waals surface area contributed by atoms with Gasteiger partial charge in [0.25, 0.3) is 5.69 Å². The second kappa shape index (κ2) is 7.93. The smallest absolute Gasteiger partial charge is 0.270 e. The number of aryl methyl sites for hydroxylation is 2. The number of rotatable bonds is 7. The first-order valence-corrected chi connectivity index (χ1v) is 7.16. The molecular formula is C17H18N2O4. The monoisotopic (exact) mass is 314 g/mol. The lowest BCUT2D eigenvalue weighted by atomic mass is 10.1. The molecule has 0 aliphatic carbocycles. The second-order valence-corrected chi connectivity index (χ2v) is 5.04. The number of hydrogen-bond acceptors (Lipinski definition) is 5. The summed E-state index contributed by atoms with van der Waals surface area (Å²) in [7, 11) is 0. The Morgan fingerprint density at radius 2 is 2.00 bits per heavy atom. The maximum absolute atomic E-state index is 10.7. The number of hydrogen-bond donors (Lipinski definition) is 0. The fraction of sp³-hybridized carbons (Fsp3) is 0.235. The molecule has 0 aromatic heterocycles. The van der Waals surface area contributed by atoms with Gasteiger partial charge < -0.3 is 9.57 Å². The van der Waals surface area contributed by atoms with E-state index in [4.69, 9.17) is 9.57 Å². The number of non-ortho nitro benzene ring substituents is 1. The predicted molar refractivity (Wildman–Crippen MR) is 88.1 cm³/mol. The van der Waals surface area contributed by atoms with Crippen LogP contribution in [-0.2, 0) is 4.84 Å². The summed E-state index contributed by atoms with van der Waals surface area (Å²) in [6, 6.07) is 12.2. The fourth-order valence-electron chi connectivity index (χ4n) is 1.92. The Labute approximate surface area is 134 Å². The lowest BCUT2D eigenvalue weighted by molar-refractivity contribution is -0.384. The summed E-state index contributed by atoms with van der Waals surface area (Å²) in [5.41, 5.74) is 2.83.